The van der Waals surface area contributed by atoms with Gasteiger partial charge >= 0.3 is 5.97 Å². The molecule has 2 fully saturated rings. The molecule has 0 aromatic carbocycles. The lowest BCUT2D eigenvalue weighted by Crippen LogP contribution is -2.57. The molecule has 3 N–H and O–H groups in total. The predicted octanol–water partition coefficient (Wildman–Crippen LogP) is 1.32. The van der Waals surface area contributed by atoms with Crippen molar-refractivity contribution in [2.24, 2.45) is 5.92 Å². The second-order valence-corrected chi connectivity index (χ2v) is 5.06. The molecule has 4 heteroatoms. The van der Waals surface area contributed by atoms with Gasteiger partial charge in [0.2, 0.25) is 0 Å². The first-order valence-corrected chi connectivity index (χ1v) is 6.47. The fourth-order valence-electron chi connectivity index (χ4n) is 2.94. The third kappa shape index (κ3) is 3.19. The van der Waals surface area contributed by atoms with E-state index in [0.717, 1.165) is 25.3 Å². The van der Waals surface area contributed by atoms with Crippen LogP contribution < -0.4 is 10.6 Å². The third-order valence-corrected chi connectivity index (χ3v) is 3.83. The van der Waals surface area contributed by atoms with Gasteiger partial charge in [-0.25, -0.2) is 0 Å². The molecule has 0 saturated carbocycles. The normalized spacial score (nSPS) is 34.4. The molecule has 4 nitrogen and oxygen atoms in total. The minimum Gasteiger partial charge on any atom is -0.481 e. The Morgan fingerprint density at radius 3 is 3.00 bits per heavy atom. The molecule has 2 saturated heterocycles. The Hall–Kier alpha value is -0.610. The Balaban J connectivity index is 1.70. The highest BCUT2D eigenvalue weighted by molar-refractivity contribution is 5.66. The van der Waals surface area contributed by atoms with Crippen LogP contribution >= 0.6 is 0 Å². The molecule has 92 valence electrons. The van der Waals surface area contributed by atoms with Crippen LogP contribution in [-0.2, 0) is 4.79 Å². The highest BCUT2D eigenvalue weighted by Gasteiger charge is 2.30. The van der Waals surface area contributed by atoms with E-state index >= 15 is 0 Å². The van der Waals surface area contributed by atoms with Crippen LogP contribution in [0.2, 0.25) is 0 Å². The number of hydrogen-bond donors (Lipinski definition) is 3. The summed E-state index contributed by atoms with van der Waals surface area (Å²) in [5.41, 5.74) is 0. The first-order valence-electron chi connectivity index (χ1n) is 6.47. The average molecular weight is 226 g/mol. The quantitative estimate of drug-likeness (QED) is 0.676. The average Bonchev–Trinajstić information content (AvgIpc) is 2.28. The van der Waals surface area contributed by atoms with E-state index in [1.807, 2.05) is 0 Å². The molecular weight excluding hydrogens is 204 g/mol. The van der Waals surface area contributed by atoms with Gasteiger partial charge in [0.1, 0.15) is 0 Å². The largest absolute Gasteiger partial charge is 0.481 e. The number of carboxylic acid groups (broad SMARTS) is 1. The van der Waals surface area contributed by atoms with Gasteiger partial charge in [-0.1, -0.05) is 0 Å². The molecule has 0 aromatic heterocycles. The van der Waals surface area contributed by atoms with E-state index in [9.17, 15) is 4.79 Å². The van der Waals surface area contributed by atoms with Crippen molar-refractivity contribution in [3.8, 4) is 0 Å². The van der Waals surface area contributed by atoms with E-state index in [-0.39, 0.29) is 0 Å². The van der Waals surface area contributed by atoms with Crippen molar-refractivity contribution in [2.75, 3.05) is 6.54 Å². The van der Waals surface area contributed by atoms with Gasteiger partial charge in [0.15, 0.2) is 0 Å². The van der Waals surface area contributed by atoms with Gasteiger partial charge in [-0.2, -0.15) is 0 Å². The second kappa shape index (κ2) is 5.64. The molecule has 2 rings (SSSR count). The molecule has 2 aliphatic heterocycles. The SMILES string of the molecule is O=C(O)CCCC1CCC2CCCNC2N1. The number of fused-ring (bicyclic) bond motifs is 1. The summed E-state index contributed by atoms with van der Waals surface area (Å²) in [6, 6.07) is 0.520. The van der Waals surface area contributed by atoms with Crippen LogP contribution in [0.15, 0.2) is 0 Å². The summed E-state index contributed by atoms with van der Waals surface area (Å²) in [7, 11) is 0. The van der Waals surface area contributed by atoms with Crippen LogP contribution in [0.4, 0.5) is 0 Å². The molecule has 0 spiro atoms. The van der Waals surface area contributed by atoms with Gasteiger partial charge in [-0.3, -0.25) is 10.1 Å². The summed E-state index contributed by atoms with van der Waals surface area (Å²) < 4.78 is 0. The van der Waals surface area contributed by atoms with E-state index in [1.54, 1.807) is 0 Å². The van der Waals surface area contributed by atoms with Crippen LogP contribution in [-0.4, -0.2) is 29.8 Å². The van der Waals surface area contributed by atoms with Crippen molar-refractivity contribution >= 4 is 5.97 Å². The maximum Gasteiger partial charge on any atom is 0.303 e. The zero-order chi connectivity index (χ0) is 11.4. The fourth-order valence-corrected chi connectivity index (χ4v) is 2.94. The van der Waals surface area contributed by atoms with E-state index in [4.69, 9.17) is 5.11 Å². The van der Waals surface area contributed by atoms with Crippen molar-refractivity contribution in [1.29, 1.82) is 0 Å². The number of aliphatic carboxylic acids is 1. The Labute approximate surface area is 96.8 Å². The number of hydrogen-bond acceptors (Lipinski definition) is 3. The van der Waals surface area contributed by atoms with Crippen molar-refractivity contribution in [2.45, 2.75) is 57.2 Å². The first-order chi connectivity index (χ1) is 7.75. The number of carbonyl (C=O) groups is 1. The van der Waals surface area contributed by atoms with Gasteiger partial charge in [0.25, 0.3) is 0 Å². The van der Waals surface area contributed by atoms with E-state index < -0.39 is 5.97 Å². The highest BCUT2D eigenvalue weighted by Crippen LogP contribution is 2.27. The predicted molar refractivity (Wildman–Crippen MR) is 62.2 cm³/mol. The number of rotatable bonds is 4. The van der Waals surface area contributed by atoms with E-state index in [1.165, 1.54) is 25.7 Å². The van der Waals surface area contributed by atoms with Crippen LogP contribution in [0.5, 0.6) is 0 Å². The highest BCUT2D eigenvalue weighted by atomic mass is 16.4. The molecule has 0 aromatic rings. The molecule has 0 bridgehead atoms. The van der Waals surface area contributed by atoms with E-state index in [2.05, 4.69) is 10.6 Å². The monoisotopic (exact) mass is 226 g/mol. The lowest BCUT2D eigenvalue weighted by molar-refractivity contribution is -0.137. The number of nitrogens with one attached hydrogen (secondary N) is 2. The van der Waals surface area contributed by atoms with E-state index in [0.29, 0.717) is 18.6 Å². The van der Waals surface area contributed by atoms with Gasteiger partial charge in [0, 0.05) is 12.5 Å². The maximum absolute atomic E-state index is 10.4. The van der Waals surface area contributed by atoms with Gasteiger partial charge in [-0.05, 0) is 51.0 Å². The zero-order valence-electron chi connectivity index (χ0n) is 9.74. The number of piperidine rings is 2. The van der Waals surface area contributed by atoms with Crippen molar-refractivity contribution in [1.82, 2.24) is 10.6 Å². The summed E-state index contributed by atoms with van der Waals surface area (Å²) in [6.07, 6.45) is 7.72. The Bertz CT molecular complexity index is 245. The fraction of sp³-hybridized carbons (Fsp3) is 0.917. The third-order valence-electron chi connectivity index (χ3n) is 3.83. The van der Waals surface area contributed by atoms with Gasteiger partial charge < -0.3 is 10.4 Å². The van der Waals surface area contributed by atoms with Crippen molar-refractivity contribution in [3.05, 3.63) is 0 Å². The summed E-state index contributed by atoms with van der Waals surface area (Å²) in [6.45, 7) is 1.12. The smallest absolute Gasteiger partial charge is 0.303 e. The molecule has 3 atom stereocenters. The molecule has 2 heterocycles. The van der Waals surface area contributed by atoms with Crippen LogP contribution in [0.3, 0.4) is 0 Å². The maximum atomic E-state index is 10.4. The zero-order valence-corrected chi connectivity index (χ0v) is 9.74. The topological polar surface area (TPSA) is 61.4 Å². The Kier molecular flexibility index (Phi) is 4.18. The minimum atomic E-state index is -0.676. The number of carboxylic acids is 1. The summed E-state index contributed by atoms with van der Waals surface area (Å²) in [5.74, 6) is 0.119. The molecule has 0 radical (unpaired) electrons. The van der Waals surface area contributed by atoms with Gasteiger partial charge in [-0.15, -0.1) is 0 Å². The first kappa shape index (κ1) is 11.9. The molecule has 16 heavy (non-hydrogen) atoms. The Morgan fingerprint density at radius 1 is 1.31 bits per heavy atom. The van der Waals surface area contributed by atoms with Crippen molar-refractivity contribution < 1.29 is 9.90 Å². The summed E-state index contributed by atoms with van der Waals surface area (Å²) >= 11 is 0. The van der Waals surface area contributed by atoms with Gasteiger partial charge in [0.05, 0.1) is 6.17 Å². The van der Waals surface area contributed by atoms with Crippen molar-refractivity contribution in [3.63, 3.8) is 0 Å². The lowest BCUT2D eigenvalue weighted by atomic mass is 9.84. The van der Waals surface area contributed by atoms with Crippen LogP contribution in [0.1, 0.15) is 44.9 Å². The minimum absolute atomic E-state index is 0.305. The lowest BCUT2D eigenvalue weighted by Gasteiger charge is -2.41. The standard InChI is InChI=1S/C12H22N2O2/c15-11(16)5-1-4-10-7-6-9-3-2-8-13-12(9)14-10/h9-10,12-14H,1-8H2,(H,15,16). The second-order valence-electron chi connectivity index (χ2n) is 5.06. The van der Waals surface area contributed by atoms with Crippen LogP contribution in [0, 0.1) is 5.92 Å². The van der Waals surface area contributed by atoms with Crippen LogP contribution in [0.25, 0.3) is 0 Å². The molecule has 2 aliphatic rings. The Morgan fingerprint density at radius 2 is 2.19 bits per heavy atom. The molecule has 3 unspecified atom stereocenters. The molecule has 0 aliphatic carbocycles. The molecule has 0 amide bonds. The summed E-state index contributed by atoms with van der Waals surface area (Å²) in [4.78, 5) is 10.4. The summed E-state index contributed by atoms with van der Waals surface area (Å²) in [5, 5.41) is 15.7. The molecular formula is C12H22N2O2.